The smallest absolute Gasteiger partial charge is 0.270 e. The summed E-state index contributed by atoms with van der Waals surface area (Å²) in [6.07, 6.45) is 3.85. The van der Waals surface area contributed by atoms with Crippen molar-refractivity contribution >= 4 is 39.9 Å². The average molecular weight is 567 g/mol. The van der Waals surface area contributed by atoms with E-state index in [0.717, 1.165) is 81.2 Å². The fourth-order valence-electron chi connectivity index (χ4n) is 6.42. The van der Waals surface area contributed by atoms with Gasteiger partial charge in [-0.05, 0) is 49.1 Å². The maximum absolute atomic E-state index is 12.4. The minimum absolute atomic E-state index is 0.0358. The summed E-state index contributed by atoms with van der Waals surface area (Å²) in [5.41, 5.74) is 4.17. The number of hydrogen-bond acceptors (Lipinski definition) is 9. The Morgan fingerprint density at radius 2 is 1.74 bits per heavy atom. The van der Waals surface area contributed by atoms with Crippen molar-refractivity contribution in [3.8, 4) is 11.3 Å². The van der Waals surface area contributed by atoms with Crippen molar-refractivity contribution in [3.63, 3.8) is 0 Å². The Labute approximate surface area is 241 Å². The molecular weight excluding hydrogens is 536 g/mol. The summed E-state index contributed by atoms with van der Waals surface area (Å²) < 4.78 is 0. The minimum atomic E-state index is -0.394. The molecule has 12 nitrogen and oxygen atoms in total. The van der Waals surface area contributed by atoms with Gasteiger partial charge in [-0.25, -0.2) is 4.98 Å². The molecule has 2 aromatic carbocycles. The van der Waals surface area contributed by atoms with Gasteiger partial charge in [-0.2, -0.15) is 5.10 Å². The summed E-state index contributed by atoms with van der Waals surface area (Å²) in [5, 5.41) is 21.8. The second-order valence-corrected chi connectivity index (χ2v) is 11.2. The van der Waals surface area contributed by atoms with Crippen LogP contribution in [0.1, 0.15) is 33.6 Å². The van der Waals surface area contributed by atoms with Crippen LogP contribution in [0.25, 0.3) is 22.2 Å². The lowest BCUT2D eigenvalue weighted by Crippen LogP contribution is -2.49. The number of aromatic amines is 1. The number of amides is 2. The van der Waals surface area contributed by atoms with Crippen LogP contribution in [-0.2, 0) is 0 Å². The SMILES string of the molecule is O=C1NC(=O)c2c1cccc2N1CCC(CN2CCN(c3cc(-c4n[nH]c5ccc([N+](=O)[O-])cc45)ccn3)CC2)CC1. The number of nitro benzene ring substituents is 1. The molecule has 3 aliphatic heterocycles. The van der Waals surface area contributed by atoms with Crippen molar-refractivity contribution in [2.75, 3.05) is 55.6 Å². The maximum atomic E-state index is 12.4. The van der Waals surface area contributed by atoms with Crippen LogP contribution in [0.2, 0.25) is 0 Å². The molecular formula is C30H30N8O4. The van der Waals surface area contributed by atoms with Crippen molar-refractivity contribution in [2.45, 2.75) is 12.8 Å². The second-order valence-electron chi connectivity index (χ2n) is 11.2. The first-order valence-electron chi connectivity index (χ1n) is 14.2. The molecule has 0 aliphatic carbocycles. The molecule has 2 amide bonds. The zero-order valence-electron chi connectivity index (χ0n) is 23.0. The number of H-pyrrole nitrogens is 1. The first-order chi connectivity index (χ1) is 20.4. The molecule has 0 saturated carbocycles. The highest BCUT2D eigenvalue weighted by Crippen LogP contribution is 2.33. The third kappa shape index (κ3) is 4.73. The highest BCUT2D eigenvalue weighted by atomic mass is 16.6. The fraction of sp³-hybridized carbons (Fsp3) is 0.333. The normalized spacial score (nSPS) is 18.0. The van der Waals surface area contributed by atoms with Crippen molar-refractivity contribution < 1.29 is 14.5 Å². The lowest BCUT2D eigenvalue weighted by Gasteiger charge is -2.40. The number of nitrogens with one attached hydrogen (secondary N) is 2. The van der Waals surface area contributed by atoms with Gasteiger partial charge in [0.05, 0.1) is 27.3 Å². The highest BCUT2D eigenvalue weighted by molar-refractivity contribution is 6.23. The number of anilines is 2. The number of piperazine rings is 1. The van der Waals surface area contributed by atoms with Crippen LogP contribution in [0, 0.1) is 16.0 Å². The molecule has 7 rings (SSSR count). The Morgan fingerprint density at radius 3 is 2.52 bits per heavy atom. The van der Waals surface area contributed by atoms with Crippen LogP contribution in [0.15, 0.2) is 54.7 Å². The Bertz CT molecular complexity index is 1700. The van der Waals surface area contributed by atoms with E-state index >= 15 is 0 Å². The maximum Gasteiger partial charge on any atom is 0.270 e. The number of imide groups is 1. The zero-order valence-corrected chi connectivity index (χ0v) is 23.0. The topological polar surface area (TPSA) is 141 Å². The van der Waals surface area contributed by atoms with Crippen molar-refractivity contribution in [1.29, 1.82) is 0 Å². The van der Waals surface area contributed by atoms with Crippen molar-refractivity contribution in [3.05, 3.63) is 76.0 Å². The molecule has 3 aliphatic rings. The monoisotopic (exact) mass is 566 g/mol. The molecule has 2 saturated heterocycles. The summed E-state index contributed by atoms with van der Waals surface area (Å²) in [6.45, 7) is 6.38. The minimum Gasteiger partial charge on any atom is -0.371 e. The number of non-ortho nitro benzene ring substituents is 1. The van der Waals surface area contributed by atoms with Gasteiger partial charge in [0.25, 0.3) is 17.5 Å². The molecule has 2 fully saturated rings. The number of nitro groups is 1. The molecule has 2 N–H and O–H groups in total. The number of rotatable bonds is 6. The number of carbonyl (C=O) groups is 2. The van der Waals surface area contributed by atoms with E-state index in [1.807, 2.05) is 24.3 Å². The van der Waals surface area contributed by atoms with Crippen LogP contribution < -0.4 is 15.1 Å². The van der Waals surface area contributed by atoms with E-state index in [1.54, 1.807) is 24.4 Å². The number of nitrogens with zero attached hydrogens (tertiary/aromatic N) is 6. The molecule has 12 heteroatoms. The first kappa shape index (κ1) is 26.1. The van der Waals surface area contributed by atoms with Crippen molar-refractivity contribution in [1.82, 2.24) is 25.4 Å². The van der Waals surface area contributed by atoms with Gasteiger partial charge in [-0.15, -0.1) is 0 Å². The predicted octanol–water partition coefficient (Wildman–Crippen LogP) is 3.46. The summed E-state index contributed by atoms with van der Waals surface area (Å²) in [7, 11) is 0. The van der Waals surface area contributed by atoms with Crippen LogP contribution in [0.5, 0.6) is 0 Å². The van der Waals surface area contributed by atoms with Crippen molar-refractivity contribution in [2.24, 2.45) is 5.92 Å². The molecule has 214 valence electrons. The summed E-state index contributed by atoms with van der Waals surface area (Å²) in [5.74, 6) is 0.847. The Hall–Kier alpha value is -4.84. The molecule has 0 unspecified atom stereocenters. The Kier molecular flexibility index (Phi) is 6.54. The first-order valence-corrected chi connectivity index (χ1v) is 14.2. The second kappa shape index (κ2) is 10.5. The number of aromatic nitrogens is 3. The third-order valence-corrected chi connectivity index (χ3v) is 8.69. The van der Waals surface area contributed by atoms with Gasteiger partial charge in [0.1, 0.15) is 11.5 Å². The average Bonchev–Trinajstić information content (AvgIpc) is 3.57. The molecule has 0 bridgehead atoms. The molecule has 0 spiro atoms. The van der Waals surface area contributed by atoms with Gasteiger partial charge in [0.15, 0.2) is 0 Å². The van der Waals surface area contributed by atoms with Gasteiger partial charge in [-0.1, -0.05) is 6.07 Å². The van der Waals surface area contributed by atoms with Crippen LogP contribution in [-0.4, -0.2) is 82.6 Å². The lowest BCUT2D eigenvalue weighted by atomic mass is 9.94. The highest BCUT2D eigenvalue weighted by Gasteiger charge is 2.32. The van der Waals surface area contributed by atoms with Gasteiger partial charge in [0, 0.05) is 75.1 Å². The van der Waals surface area contributed by atoms with Gasteiger partial charge in [-0.3, -0.25) is 35.0 Å². The predicted molar refractivity (Wildman–Crippen MR) is 158 cm³/mol. The Balaban J connectivity index is 0.959. The van der Waals surface area contributed by atoms with Gasteiger partial charge in [0.2, 0.25) is 0 Å². The van der Waals surface area contributed by atoms with E-state index in [1.165, 1.54) is 6.07 Å². The standard InChI is InChI=1S/C30H30N8O4/c39-29-22-2-1-3-25(27(22)30(40)32-29)36-10-7-19(8-11-36)18-35-12-14-37(15-13-35)26-16-20(6-9-31-26)28-23-17-21(38(41)42)4-5-24(23)33-34-28/h1-6,9,16-17,19H,7-8,10-15,18H2,(H,33,34)(H,32,39,40). The molecule has 2 aromatic heterocycles. The number of piperidine rings is 1. The van der Waals surface area contributed by atoms with E-state index < -0.39 is 4.92 Å². The van der Waals surface area contributed by atoms with Crippen LogP contribution in [0.3, 0.4) is 0 Å². The summed E-state index contributed by atoms with van der Waals surface area (Å²) in [4.78, 5) is 47.0. The lowest BCUT2D eigenvalue weighted by molar-refractivity contribution is -0.384. The summed E-state index contributed by atoms with van der Waals surface area (Å²) >= 11 is 0. The number of benzene rings is 2. The van der Waals surface area contributed by atoms with E-state index in [2.05, 4.69) is 35.2 Å². The molecule has 5 heterocycles. The quantitative estimate of drug-likeness (QED) is 0.204. The number of fused-ring (bicyclic) bond motifs is 2. The van der Waals surface area contributed by atoms with E-state index in [4.69, 9.17) is 0 Å². The third-order valence-electron chi connectivity index (χ3n) is 8.69. The number of hydrogen-bond donors (Lipinski definition) is 2. The van der Waals surface area contributed by atoms with E-state index in [-0.39, 0.29) is 17.5 Å². The van der Waals surface area contributed by atoms with Crippen LogP contribution in [0.4, 0.5) is 17.2 Å². The van der Waals surface area contributed by atoms with E-state index in [0.29, 0.717) is 28.1 Å². The molecule has 0 atom stereocenters. The molecule has 42 heavy (non-hydrogen) atoms. The Morgan fingerprint density at radius 1 is 0.929 bits per heavy atom. The number of pyridine rings is 1. The molecule has 4 aromatic rings. The van der Waals surface area contributed by atoms with Gasteiger partial charge >= 0.3 is 0 Å². The fourth-order valence-corrected chi connectivity index (χ4v) is 6.42. The number of carbonyl (C=O) groups excluding carboxylic acids is 2. The van der Waals surface area contributed by atoms with E-state index in [9.17, 15) is 19.7 Å². The molecule has 0 radical (unpaired) electrons. The van der Waals surface area contributed by atoms with Gasteiger partial charge < -0.3 is 9.80 Å². The summed E-state index contributed by atoms with van der Waals surface area (Å²) in [6, 6.07) is 14.1. The largest absolute Gasteiger partial charge is 0.371 e. The van der Waals surface area contributed by atoms with Crippen LogP contribution >= 0.6 is 0 Å². The zero-order chi connectivity index (χ0) is 28.8.